The van der Waals surface area contributed by atoms with E-state index in [1.165, 1.54) is 10.4 Å². The second kappa shape index (κ2) is 10.2. The number of piperazine rings is 1. The van der Waals surface area contributed by atoms with E-state index in [2.05, 4.69) is 36.4 Å². The SMILES string of the molecule is O=C(CN1CCN(C(=O)C2CCc3c(sc4ncnc(Nc5ccc6[nH]ncc6c5)c34)C2)CC1)N1CCCC1. The van der Waals surface area contributed by atoms with E-state index in [9.17, 15) is 9.59 Å². The molecule has 5 heterocycles. The summed E-state index contributed by atoms with van der Waals surface area (Å²) in [5, 5.41) is 12.7. The fourth-order valence-electron chi connectivity index (χ4n) is 6.22. The van der Waals surface area contributed by atoms with Crippen molar-refractivity contribution in [3.8, 4) is 0 Å². The first kappa shape index (κ1) is 24.5. The van der Waals surface area contributed by atoms with Crippen molar-refractivity contribution in [2.24, 2.45) is 5.92 Å². The van der Waals surface area contributed by atoms with Gasteiger partial charge < -0.3 is 15.1 Å². The number of aromatic amines is 1. The Morgan fingerprint density at radius 3 is 2.74 bits per heavy atom. The number of H-pyrrole nitrogens is 1. The van der Waals surface area contributed by atoms with Crippen LogP contribution in [0, 0.1) is 5.92 Å². The van der Waals surface area contributed by atoms with Crippen LogP contribution in [-0.2, 0) is 22.4 Å². The lowest BCUT2D eigenvalue weighted by Crippen LogP contribution is -2.52. The Kier molecular flexibility index (Phi) is 6.40. The number of benzene rings is 1. The third-order valence-corrected chi connectivity index (χ3v) is 9.56. The third kappa shape index (κ3) is 4.74. The van der Waals surface area contributed by atoms with Gasteiger partial charge in [0.25, 0.3) is 0 Å². The molecule has 202 valence electrons. The van der Waals surface area contributed by atoms with Crippen molar-refractivity contribution in [3.63, 3.8) is 0 Å². The van der Waals surface area contributed by atoms with Crippen molar-refractivity contribution in [2.75, 3.05) is 51.1 Å². The molecule has 0 spiro atoms. The molecule has 11 heteroatoms. The number of likely N-dealkylation sites (tertiary alicyclic amines) is 1. The molecule has 0 radical (unpaired) electrons. The minimum atomic E-state index is -0.00351. The Morgan fingerprint density at radius 1 is 1.05 bits per heavy atom. The molecule has 39 heavy (non-hydrogen) atoms. The molecule has 0 bridgehead atoms. The van der Waals surface area contributed by atoms with Crippen LogP contribution in [0.1, 0.15) is 29.7 Å². The number of anilines is 2. The van der Waals surface area contributed by atoms with Gasteiger partial charge in [-0.15, -0.1) is 11.3 Å². The Balaban J connectivity index is 1.02. The summed E-state index contributed by atoms with van der Waals surface area (Å²) in [5.41, 5.74) is 3.22. The van der Waals surface area contributed by atoms with Gasteiger partial charge in [0, 0.05) is 61.1 Å². The maximum absolute atomic E-state index is 13.5. The van der Waals surface area contributed by atoms with E-state index in [0.717, 1.165) is 90.9 Å². The number of hydrogen-bond acceptors (Lipinski definition) is 8. The summed E-state index contributed by atoms with van der Waals surface area (Å²) in [6, 6.07) is 6.08. The van der Waals surface area contributed by atoms with Gasteiger partial charge in [-0.25, -0.2) is 9.97 Å². The van der Waals surface area contributed by atoms with Gasteiger partial charge in [-0.05, 0) is 55.9 Å². The van der Waals surface area contributed by atoms with Crippen molar-refractivity contribution in [2.45, 2.75) is 32.1 Å². The number of aromatic nitrogens is 4. The summed E-state index contributed by atoms with van der Waals surface area (Å²) >= 11 is 1.69. The molecular formula is C28H32N8O2S. The molecule has 2 saturated heterocycles. The minimum Gasteiger partial charge on any atom is -0.342 e. The van der Waals surface area contributed by atoms with Crippen LogP contribution in [0.4, 0.5) is 11.5 Å². The molecule has 0 saturated carbocycles. The molecule has 1 aliphatic carbocycles. The van der Waals surface area contributed by atoms with Gasteiger partial charge in [-0.1, -0.05) is 0 Å². The van der Waals surface area contributed by atoms with Crippen LogP contribution in [0.3, 0.4) is 0 Å². The topological polar surface area (TPSA) is 110 Å². The van der Waals surface area contributed by atoms with Gasteiger partial charge in [0.2, 0.25) is 11.8 Å². The summed E-state index contributed by atoms with van der Waals surface area (Å²) in [4.78, 5) is 43.6. The first-order valence-electron chi connectivity index (χ1n) is 13.9. The lowest BCUT2D eigenvalue weighted by atomic mass is 9.86. The highest BCUT2D eigenvalue weighted by Crippen LogP contribution is 2.41. The second-order valence-corrected chi connectivity index (χ2v) is 11.9. The second-order valence-electron chi connectivity index (χ2n) is 10.8. The fraction of sp³-hybridized carbons (Fsp3) is 0.464. The van der Waals surface area contributed by atoms with E-state index in [4.69, 9.17) is 0 Å². The number of rotatable bonds is 5. The van der Waals surface area contributed by atoms with Crippen molar-refractivity contribution in [1.82, 2.24) is 34.9 Å². The smallest absolute Gasteiger partial charge is 0.236 e. The van der Waals surface area contributed by atoms with E-state index in [0.29, 0.717) is 19.6 Å². The van der Waals surface area contributed by atoms with Crippen LogP contribution in [0.5, 0.6) is 0 Å². The number of carbonyl (C=O) groups is 2. The first-order valence-corrected chi connectivity index (χ1v) is 14.7. The number of thiophene rings is 1. The predicted octanol–water partition coefficient (Wildman–Crippen LogP) is 3.18. The Labute approximate surface area is 230 Å². The molecular weight excluding hydrogens is 512 g/mol. The van der Waals surface area contributed by atoms with Gasteiger partial charge in [-0.2, -0.15) is 5.10 Å². The molecule has 3 aliphatic rings. The first-order chi connectivity index (χ1) is 19.1. The van der Waals surface area contributed by atoms with Crippen LogP contribution >= 0.6 is 11.3 Å². The lowest BCUT2D eigenvalue weighted by molar-refractivity contribution is -0.138. The molecule has 4 aromatic rings. The number of aryl methyl sites for hydroxylation is 1. The van der Waals surface area contributed by atoms with E-state index in [1.807, 2.05) is 28.1 Å². The van der Waals surface area contributed by atoms with Gasteiger partial charge in [-0.3, -0.25) is 19.6 Å². The molecule has 2 N–H and O–H groups in total. The molecule has 2 aliphatic heterocycles. The predicted molar refractivity (Wildman–Crippen MR) is 151 cm³/mol. The molecule has 1 aromatic carbocycles. The highest BCUT2D eigenvalue weighted by molar-refractivity contribution is 7.19. The van der Waals surface area contributed by atoms with E-state index >= 15 is 0 Å². The molecule has 7 rings (SSSR count). The average molecular weight is 545 g/mol. The third-order valence-electron chi connectivity index (χ3n) is 8.40. The summed E-state index contributed by atoms with van der Waals surface area (Å²) in [7, 11) is 0. The number of nitrogens with zero attached hydrogens (tertiary/aromatic N) is 6. The highest BCUT2D eigenvalue weighted by Gasteiger charge is 2.33. The zero-order valence-electron chi connectivity index (χ0n) is 21.9. The van der Waals surface area contributed by atoms with Gasteiger partial charge in [0.15, 0.2) is 0 Å². The van der Waals surface area contributed by atoms with Crippen molar-refractivity contribution < 1.29 is 9.59 Å². The number of hydrogen-bond donors (Lipinski definition) is 2. The average Bonchev–Trinajstić information content (AvgIpc) is 3.72. The summed E-state index contributed by atoms with van der Waals surface area (Å²) in [6.45, 7) is 5.18. The Bertz CT molecular complexity index is 1530. The summed E-state index contributed by atoms with van der Waals surface area (Å²) < 4.78 is 0. The fourth-order valence-corrected chi connectivity index (χ4v) is 7.48. The molecule has 2 amide bonds. The van der Waals surface area contributed by atoms with Gasteiger partial charge >= 0.3 is 0 Å². The number of amides is 2. The van der Waals surface area contributed by atoms with Crippen LogP contribution in [-0.4, -0.2) is 92.5 Å². The molecule has 2 fully saturated rings. The zero-order chi connectivity index (χ0) is 26.3. The maximum atomic E-state index is 13.5. The van der Waals surface area contributed by atoms with Crippen LogP contribution in [0.25, 0.3) is 21.1 Å². The zero-order valence-corrected chi connectivity index (χ0v) is 22.7. The van der Waals surface area contributed by atoms with Crippen LogP contribution < -0.4 is 5.32 Å². The Hall–Kier alpha value is -3.57. The molecule has 1 unspecified atom stereocenters. The van der Waals surface area contributed by atoms with Crippen LogP contribution in [0.15, 0.2) is 30.7 Å². The van der Waals surface area contributed by atoms with Gasteiger partial charge in [0.1, 0.15) is 17.0 Å². The monoisotopic (exact) mass is 544 g/mol. The van der Waals surface area contributed by atoms with Crippen LogP contribution in [0.2, 0.25) is 0 Å². The largest absolute Gasteiger partial charge is 0.342 e. The normalized spacial score (nSPS) is 20.1. The summed E-state index contributed by atoms with van der Waals surface area (Å²) in [6.07, 6.45) is 8.09. The minimum absolute atomic E-state index is 0.00351. The quantitative estimate of drug-likeness (QED) is 0.397. The standard InChI is InChI=1S/C28H32N8O2S/c37-24(35-7-1-2-8-35)16-34-9-11-36(12-10-34)28(38)18-3-5-21-23(14-18)39-27-25(21)26(29-17-30-27)32-20-4-6-22-19(13-20)15-31-33-22/h4,6,13,15,17-18H,1-3,5,7-12,14,16H2,(H,31,33)(H,29,30,32). The molecule has 10 nitrogen and oxygen atoms in total. The van der Waals surface area contributed by atoms with Crippen molar-refractivity contribution in [1.29, 1.82) is 0 Å². The van der Waals surface area contributed by atoms with Crippen molar-refractivity contribution in [3.05, 3.63) is 41.2 Å². The number of fused-ring (bicyclic) bond motifs is 4. The Morgan fingerprint density at radius 2 is 1.90 bits per heavy atom. The van der Waals surface area contributed by atoms with E-state index in [1.54, 1.807) is 17.7 Å². The molecule has 1 atom stereocenters. The van der Waals surface area contributed by atoms with E-state index in [-0.39, 0.29) is 17.7 Å². The summed E-state index contributed by atoms with van der Waals surface area (Å²) in [5.74, 6) is 1.29. The number of nitrogens with one attached hydrogen (secondary N) is 2. The maximum Gasteiger partial charge on any atom is 0.236 e. The highest BCUT2D eigenvalue weighted by atomic mass is 32.1. The van der Waals surface area contributed by atoms with E-state index < -0.39 is 0 Å². The molecule has 3 aromatic heterocycles. The van der Waals surface area contributed by atoms with Gasteiger partial charge in [0.05, 0.1) is 23.6 Å². The lowest BCUT2D eigenvalue weighted by Gasteiger charge is -2.37. The van der Waals surface area contributed by atoms with Crippen molar-refractivity contribution >= 4 is 55.8 Å². The number of carbonyl (C=O) groups excluding carboxylic acids is 2.